The SMILES string of the molecule is CONC(=O)Cn1[nH]nnc1=S. The Morgan fingerprint density at radius 2 is 2.67 bits per heavy atom. The van der Waals surface area contributed by atoms with Crippen molar-refractivity contribution in [2.24, 2.45) is 0 Å². The number of aromatic amines is 1. The third kappa shape index (κ3) is 2.10. The first-order valence-electron chi connectivity index (χ1n) is 3.03. The van der Waals surface area contributed by atoms with Gasteiger partial charge in [0.1, 0.15) is 6.54 Å². The summed E-state index contributed by atoms with van der Waals surface area (Å²) in [5.41, 5.74) is 2.13. The van der Waals surface area contributed by atoms with Crippen LogP contribution >= 0.6 is 12.2 Å². The zero-order chi connectivity index (χ0) is 8.97. The van der Waals surface area contributed by atoms with E-state index in [4.69, 9.17) is 12.2 Å². The lowest BCUT2D eigenvalue weighted by molar-refractivity contribution is -0.132. The molecule has 0 saturated carbocycles. The number of amides is 1. The van der Waals surface area contributed by atoms with Crippen molar-refractivity contribution in [1.82, 2.24) is 25.7 Å². The van der Waals surface area contributed by atoms with Crippen LogP contribution < -0.4 is 5.48 Å². The summed E-state index contributed by atoms with van der Waals surface area (Å²) >= 11 is 4.73. The van der Waals surface area contributed by atoms with Gasteiger partial charge in [-0.1, -0.05) is 10.3 Å². The van der Waals surface area contributed by atoms with Crippen LogP contribution in [0.4, 0.5) is 0 Å². The number of H-pyrrole nitrogens is 1. The lowest BCUT2D eigenvalue weighted by atomic mass is 10.6. The van der Waals surface area contributed by atoms with Crippen LogP contribution in [0.15, 0.2) is 0 Å². The van der Waals surface area contributed by atoms with E-state index in [1.165, 1.54) is 11.8 Å². The van der Waals surface area contributed by atoms with E-state index in [9.17, 15) is 4.79 Å². The molecule has 0 spiro atoms. The van der Waals surface area contributed by atoms with E-state index in [0.29, 0.717) is 0 Å². The van der Waals surface area contributed by atoms with Crippen molar-refractivity contribution in [1.29, 1.82) is 0 Å². The van der Waals surface area contributed by atoms with Crippen molar-refractivity contribution < 1.29 is 9.63 Å². The van der Waals surface area contributed by atoms with Gasteiger partial charge in [0.2, 0.25) is 4.77 Å². The zero-order valence-electron chi connectivity index (χ0n) is 6.27. The molecule has 1 amide bonds. The maximum atomic E-state index is 10.9. The van der Waals surface area contributed by atoms with Gasteiger partial charge in [0.05, 0.1) is 7.11 Å². The normalized spacial score (nSPS) is 9.75. The molecule has 12 heavy (non-hydrogen) atoms. The molecule has 1 rings (SSSR count). The Morgan fingerprint density at radius 3 is 3.17 bits per heavy atom. The van der Waals surface area contributed by atoms with Crippen molar-refractivity contribution in [2.75, 3.05) is 7.11 Å². The fourth-order valence-corrected chi connectivity index (χ4v) is 0.755. The summed E-state index contributed by atoms with van der Waals surface area (Å²) < 4.78 is 1.53. The number of aromatic nitrogens is 4. The van der Waals surface area contributed by atoms with Crippen LogP contribution in [0.3, 0.4) is 0 Å². The minimum absolute atomic E-state index is 0.0136. The summed E-state index contributed by atoms with van der Waals surface area (Å²) in [5.74, 6) is -0.334. The lowest BCUT2D eigenvalue weighted by Gasteiger charge is -2.00. The molecule has 0 aliphatic rings. The molecule has 1 aromatic rings. The maximum absolute atomic E-state index is 10.9. The van der Waals surface area contributed by atoms with E-state index in [-0.39, 0.29) is 17.2 Å². The molecule has 0 saturated heterocycles. The van der Waals surface area contributed by atoms with Crippen LogP contribution in [0.2, 0.25) is 0 Å². The van der Waals surface area contributed by atoms with Crippen molar-refractivity contribution in [3.63, 3.8) is 0 Å². The minimum Gasteiger partial charge on any atom is -0.277 e. The largest absolute Gasteiger partial charge is 0.277 e. The second kappa shape index (κ2) is 3.93. The topological polar surface area (TPSA) is 84.8 Å². The molecule has 0 aromatic carbocycles. The summed E-state index contributed by atoms with van der Waals surface area (Å²) in [6, 6.07) is 0. The quantitative estimate of drug-likeness (QED) is 0.471. The first-order valence-corrected chi connectivity index (χ1v) is 3.44. The molecule has 0 radical (unpaired) electrons. The van der Waals surface area contributed by atoms with E-state index in [0.717, 1.165) is 0 Å². The predicted molar refractivity (Wildman–Crippen MR) is 40.4 cm³/mol. The molecule has 7 nitrogen and oxygen atoms in total. The number of nitrogens with one attached hydrogen (secondary N) is 2. The molecule has 1 aromatic heterocycles. The summed E-state index contributed by atoms with van der Waals surface area (Å²) in [6.07, 6.45) is 0. The summed E-state index contributed by atoms with van der Waals surface area (Å²) in [7, 11) is 1.35. The molecule has 0 aliphatic carbocycles. The average molecular weight is 189 g/mol. The minimum atomic E-state index is -0.334. The van der Waals surface area contributed by atoms with Crippen LogP contribution in [0.25, 0.3) is 0 Å². The molecule has 1 heterocycles. The van der Waals surface area contributed by atoms with Gasteiger partial charge >= 0.3 is 0 Å². The number of hydrogen-bond donors (Lipinski definition) is 2. The molecular weight excluding hydrogens is 182 g/mol. The van der Waals surface area contributed by atoms with E-state index in [1.807, 2.05) is 0 Å². The van der Waals surface area contributed by atoms with Gasteiger partial charge in [-0.15, -0.1) is 0 Å². The van der Waals surface area contributed by atoms with Crippen molar-refractivity contribution in [3.8, 4) is 0 Å². The first-order chi connectivity index (χ1) is 5.74. The van der Waals surface area contributed by atoms with Gasteiger partial charge in [0.15, 0.2) is 0 Å². The monoisotopic (exact) mass is 189 g/mol. The number of carbonyl (C=O) groups is 1. The Balaban J connectivity index is 2.58. The average Bonchev–Trinajstić information content (AvgIpc) is 2.37. The summed E-state index contributed by atoms with van der Waals surface area (Å²) in [6.45, 7) is 0.0136. The highest BCUT2D eigenvalue weighted by atomic mass is 32.1. The third-order valence-electron chi connectivity index (χ3n) is 1.05. The third-order valence-corrected chi connectivity index (χ3v) is 1.35. The van der Waals surface area contributed by atoms with Gasteiger partial charge in [-0.05, 0) is 12.2 Å². The second-order valence-electron chi connectivity index (χ2n) is 1.90. The van der Waals surface area contributed by atoms with Gasteiger partial charge in [0, 0.05) is 0 Å². The van der Waals surface area contributed by atoms with Gasteiger partial charge in [-0.3, -0.25) is 9.63 Å². The van der Waals surface area contributed by atoms with Crippen molar-refractivity contribution in [2.45, 2.75) is 6.54 Å². The van der Waals surface area contributed by atoms with Gasteiger partial charge in [-0.2, -0.15) is 5.21 Å². The van der Waals surface area contributed by atoms with Crippen LogP contribution in [0.1, 0.15) is 0 Å². The smallest absolute Gasteiger partial charge is 0.265 e. The lowest BCUT2D eigenvalue weighted by Crippen LogP contribution is -2.26. The van der Waals surface area contributed by atoms with E-state index < -0.39 is 0 Å². The molecule has 2 N–H and O–H groups in total. The zero-order valence-corrected chi connectivity index (χ0v) is 7.09. The molecule has 0 unspecified atom stereocenters. The van der Waals surface area contributed by atoms with Gasteiger partial charge in [-0.25, -0.2) is 10.2 Å². The highest BCUT2D eigenvalue weighted by molar-refractivity contribution is 7.71. The Kier molecular flexibility index (Phi) is 2.88. The number of carbonyl (C=O) groups excluding carboxylic acids is 1. The molecule has 0 aliphatic heterocycles. The summed E-state index contributed by atoms with van der Waals surface area (Å²) in [5, 5.41) is 9.31. The maximum Gasteiger partial charge on any atom is 0.265 e. The fraction of sp³-hybridized carbons (Fsp3) is 0.500. The fourth-order valence-electron chi connectivity index (χ4n) is 0.609. The van der Waals surface area contributed by atoms with Crippen molar-refractivity contribution in [3.05, 3.63) is 4.77 Å². The Bertz CT molecular complexity index is 317. The highest BCUT2D eigenvalue weighted by Gasteiger charge is 2.02. The molecule has 0 bridgehead atoms. The van der Waals surface area contributed by atoms with E-state index in [2.05, 4.69) is 25.8 Å². The Hall–Kier alpha value is -1.28. The Labute approximate surface area is 72.6 Å². The molecule has 8 heteroatoms. The molecule has 66 valence electrons. The van der Waals surface area contributed by atoms with Gasteiger partial charge in [0.25, 0.3) is 5.91 Å². The molecule has 0 atom stereocenters. The van der Waals surface area contributed by atoms with Crippen molar-refractivity contribution >= 4 is 18.1 Å². The van der Waals surface area contributed by atoms with E-state index >= 15 is 0 Å². The Morgan fingerprint density at radius 1 is 1.92 bits per heavy atom. The van der Waals surface area contributed by atoms with Crippen LogP contribution in [0, 0.1) is 4.77 Å². The standard InChI is InChI=1S/C4H7N5O2S/c1-11-6-3(10)2-9-4(12)5-7-8-9/h2H2,1H3,(H,6,10)(H,5,8,12). The number of nitrogens with zero attached hydrogens (tertiary/aromatic N) is 3. The predicted octanol–water partition coefficient (Wildman–Crippen LogP) is -0.987. The van der Waals surface area contributed by atoms with Crippen LogP contribution in [-0.2, 0) is 16.2 Å². The number of tetrazole rings is 1. The molecule has 0 fully saturated rings. The number of hydroxylamine groups is 1. The van der Waals surface area contributed by atoms with E-state index in [1.54, 1.807) is 0 Å². The summed E-state index contributed by atoms with van der Waals surface area (Å²) in [4.78, 5) is 15.3. The van der Waals surface area contributed by atoms with Crippen LogP contribution in [0.5, 0.6) is 0 Å². The molecular formula is C4H7N5O2S. The van der Waals surface area contributed by atoms with Crippen LogP contribution in [-0.4, -0.2) is 33.2 Å². The second-order valence-corrected chi connectivity index (χ2v) is 2.26. The van der Waals surface area contributed by atoms with Gasteiger partial charge < -0.3 is 0 Å². The number of rotatable bonds is 3. The highest BCUT2D eigenvalue weighted by Crippen LogP contribution is 1.82. The first kappa shape index (κ1) is 8.81. The number of hydrogen-bond acceptors (Lipinski definition) is 5.